The standard InChI is InChI=1S/C12H23N3/c1-13(2)12(14(3)4,15(5)6)11-9-7-8-10-11/h7,9-10H,8H2,1-6H3. The molecule has 1 aliphatic carbocycles. The lowest BCUT2D eigenvalue weighted by atomic mass is 10.1. The normalized spacial score (nSPS) is 17.0. The summed E-state index contributed by atoms with van der Waals surface area (Å²) in [5, 5.41) is 0. The van der Waals surface area contributed by atoms with Crippen molar-refractivity contribution in [1.82, 2.24) is 14.7 Å². The van der Waals surface area contributed by atoms with E-state index in [1.807, 2.05) is 0 Å². The van der Waals surface area contributed by atoms with Gasteiger partial charge in [0.05, 0.1) is 0 Å². The van der Waals surface area contributed by atoms with Gasteiger partial charge < -0.3 is 0 Å². The summed E-state index contributed by atoms with van der Waals surface area (Å²) in [6.45, 7) is 0. The van der Waals surface area contributed by atoms with Crippen molar-refractivity contribution in [3.05, 3.63) is 23.8 Å². The van der Waals surface area contributed by atoms with Crippen molar-refractivity contribution in [3.63, 3.8) is 0 Å². The van der Waals surface area contributed by atoms with Crippen molar-refractivity contribution in [2.24, 2.45) is 0 Å². The molecule has 0 fully saturated rings. The predicted octanol–water partition coefficient (Wildman–Crippen LogP) is 1.21. The Bertz CT molecular complexity index is 253. The van der Waals surface area contributed by atoms with E-state index in [4.69, 9.17) is 0 Å². The predicted molar refractivity (Wildman–Crippen MR) is 65.6 cm³/mol. The maximum absolute atomic E-state index is 2.29. The van der Waals surface area contributed by atoms with E-state index >= 15 is 0 Å². The molecular formula is C12H23N3. The fourth-order valence-corrected chi connectivity index (χ4v) is 2.68. The molecule has 0 spiro atoms. The van der Waals surface area contributed by atoms with Crippen LogP contribution in [0, 0.1) is 0 Å². The fraction of sp³-hybridized carbons (Fsp3) is 0.667. The second-order valence-corrected chi connectivity index (χ2v) is 4.62. The summed E-state index contributed by atoms with van der Waals surface area (Å²) in [5.41, 5.74) is 1.35. The van der Waals surface area contributed by atoms with Gasteiger partial charge in [-0.2, -0.15) is 0 Å². The molecule has 0 N–H and O–H groups in total. The zero-order valence-corrected chi connectivity index (χ0v) is 10.8. The Balaban J connectivity index is 3.19. The minimum atomic E-state index is -0.146. The number of allylic oxidation sites excluding steroid dienone is 2. The molecule has 15 heavy (non-hydrogen) atoms. The van der Waals surface area contributed by atoms with Crippen molar-refractivity contribution in [2.75, 3.05) is 42.3 Å². The van der Waals surface area contributed by atoms with Gasteiger partial charge in [-0.3, -0.25) is 14.7 Å². The fourth-order valence-electron chi connectivity index (χ4n) is 2.68. The van der Waals surface area contributed by atoms with E-state index in [2.05, 4.69) is 75.2 Å². The average molecular weight is 209 g/mol. The number of nitrogens with zero attached hydrogens (tertiary/aromatic N) is 3. The van der Waals surface area contributed by atoms with E-state index in [-0.39, 0.29) is 5.79 Å². The summed E-state index contributed by atoms with van der Waals surface area (Å²) < 4.78 is 0. The van der Waals surface area contributed by atoms with E-state index in [0.29, 0.717) is 0 Å². The van der Waals surface area contributed by atoms with E-state index in [9.17, 15) is 0 Å². The summed E-state index contributed by atoms with van der Waals surface area (Å²) in [4.78, 5) is 6.73. The lowest BCUT2D eigenvalue weighted by Crippen LogP contribution is -2.64. The average Bonchev–Trinajstić information content (AvgIpc) is 2.55. The highest BCUT2D eigenvalue weighted by Crippen LogP contribution is 2.31. The summed E-state index contributed by atoms with van der Waals surface area (Å²) in [7, 11) is 12.7. The van der Waals surface area contributed by atoms with Gasteiger partial charge in [0, 0.05) is 0 Å². The van der Waals surface area contributed by atoms with Crippen LogP contribution < -0.4 is 0 Å². The quantitative estimate of drug-likeness (QED) is 0.644. The smallest absolute Gasteiger partial charge is 0.156 e. The highest BCUT2D eigenvalue weighted by atomic mass is 15.5. The monoisotopic (exact) mass is 209 g/mol. The molecule has 0 saturated carbocycles. The van der Waals surface area contributed by atoms with Gasteiger partial charge in [-0.05, 0) is 54.3 Å². The molecule has 86 valence electrons. The zero-order valence-electron chi connectivity index (χ0n) is 10.8. The SMILES string of the molecule is CN(C)C(C1=CCC=C1)(N(C)C)N(C)C. The van der Waals surface area contributed by atoms with Crippen molar-refractivity contribution in [2.45, 2.75) is 12.2 Å². The molecule has 0 aromatic rings. The van der Waals surface area contributed by atoms with E-state index < -0.39 is 0 Å². The molecule has 0 aromatic carbocycles. The molecule has 0 aliphatic heterocycles. The highest BCUT2D eigenvalue weighted by Gasteiger charge is 2.40. The van der Waals surface area contributed by atoms with Crippen LogP contribution in [-0.2, 0) is 0 Å². The minimum absolute atomic E-state index is 0.146. The van der Waals surface area contributed by atoms with Crippen LogP contribution in [0.2, 0.25) is 0 Å². The lowest BCUT2D eigenvalue weighted by Gasteiger charge is -2.50. The van der Waals surface area contributed by atoms with E-state index in [1.165, 1.54) is 5.57 Å². The molecule has 0 aromatic heterocycles. The molecule has 0 atom stereocenters. The van der Waals surface area contributed by atoms with Gasteiger partial charge in [-0.1, -0.05) is 18.2 Å². The van der Waals surface area contributed by atoms with Crippen LogP contribution >= 0.6 is 0 Å². The summed E-state index contributed by atoms with van der Waals surface area (Å²) >= 11 is 0. The van der Waals surface area contributed by atoms with Crippen LogP contribution in [-0.4, -0.2) is 62.8 Å². The summed E-state index contributed by atoms with van der Waals surface area (Å²) in [6.07, 6.45) is 7.77. The van der Waals surface area contributed by atoms with Crippen molar-refractivity contribution in [3.8, 4) is 0 Å². The van der Waals surface area contributed by atoms with Gasteiger partial charge in [0.25, 0.3) is 0 Å². The van der Waals surface area contributed by atoms with Gasteiger partial charge in [-0.15, -0.1) is 0 Å². The maximum atomic E-state index is 2.29. The first-order valence-electron chi connectivity index (χ1n) is 5.33. The van der Waals surface area contributed by atoms with Crippen molar-refractivity contribution >= 4 is 0 Å². The largest absolute Gasteiger partial charge is 0.275 e. The van der Waals surface area contributed by atoms with Crippen LogP contribution in [0.1, 0.15) is 6.42 Å². The zero-order chi connectivity index (χ0) is 11.6. The van der Waals surface area contributed by atoms with Gasteiger partial charge in [0.2, 0.25) is 0 Å². The number of likely N-dealkylation sites (N-methyl/N-ethyl adjacent to an activating group) is 3. The second kappa shape index (κ2) is 4.47. The van der Waals surface area contributed by atoms with Crippen LogP contribution in [0.3, 0.4) is 0 Å². The maximum Gasteiger partial charge on any atom is 0.156 e. The Hall–Kier alpha value is -0.640. The third kappa shape index (κ3) is 1.87. The van der Waals surface area contributed by atoms with Crippen molar-refractivity contribution < 1.29 is 0 Å². The van der Waals surface area contributed by atoms with Gasteiger partial charge in [0.1, 0.15) is 0 Å². The summed E-state index contributed by atoms with van der Waals surface area (Å²) in [6, 6.07) is 0. The van der Waals surface area contributed by atoms with E-state index in [1.54, 1.807) is 0 Å². The Labute approximate surface area is 93.6 Å². The molecule has 3 nitrogen and oxygen atoms in total. The molecule has 0 heterocycles. The number of hydrogen-bond donors (Lipinski definition) is 0. The Morgan fingerprint density at radius 1 is 0.933 bits per heavy atom. The molecule has 1 rings (SSSR count). The molecule has 1 aliphatic rings. The molecular weight excluding hydrogens is 186 g/mol. The van der Waals surface area contributed by atoms with Crippen LogP contribution in [0.15, 0.2) is 23.8 Å². The molecule has 3 heteroatoms. The first-order valence-corrected chi connectivity index (χ1v) is 5.33. The molecule has 0 amide bonds. The third-order valence-corrected chi connectivity index (χ3v) is 3.03. The minimum Gasteiger partial charge on any atom is -0.275 e. The first kappa shape index (κ1) is 12.4. The highest BCUT2D eigenvalue weighted by molar-refractivity contribution is 5.35. The number of hydrogen-bond acceptors (Lipinski definition) is 3. The first-order chi connectivity index (χ1) is 6.94. The second-order valence-electron chi connectivity index (χ2n) is 4.62. The topological polar surface area (TPSA) is 9.72 Å². The van der Waals surface area contributed by atoms with Crippen LogP contribution in [0.5, 0.6) is 0 Å². The molecule has 0 unspecified atom stereocenters. The lowest BCUT2D eigenvalue weighted by molar-refractivity contribution is -0.0730. The van der Waals surface area contributed by atoms with Crippen molar-refractivity contribution in [1.29, 1.82) is 0 Å². The summed E-state index contributed by atoms with van der Waals surface area (Å²) in [5.74, 6) is -0.146. The van der Waals surface area contributed by atoms with Gasteiger partial charge in [-0.25, -0.2) is 0 Å². The van der Waals surface area contributed by atoms with Crippen LogP contribution in [0.25, 0.3) is 0 Å². The Morgan fingerprint density at radius 3 is 1.67 bits per heavy atom. The Kier molecular flexibility index (Phi) is 3.71. The molecule has 0 bridgehead atoms. The molecule has 0 radical (unpaired) electrons. The Morgan fingerprint density at radius 2 is 1.40 bits per heavy atom. The van der Waals surface area contributed by atoms with E-state index in [0.717, 1.165) is 6.42 Å². The van der Waals surface area contributed by atoms with Gasteiger partial charge in [0.15, 0.2) is 5.79 Å². The van der Waals surface area contributed by atoms with Gasteiger partial charge >= 0.3 is 0 Å². The third-order valence-electron chi connectivity index (χ3n) is 3.03. The molecule has 0 saturated heterocycles. The number of rotatable bonds is 4. The van der Waals surface area contributed by atoms with Crippen LogP contribution in [0.4, 0.5) is 0 Å².